The summed E-state index contributed by atoms with van der Waals surface area (Å²) in [6.45, 7) is 0.171. The van der Waals surface area contributed by atoms with Gasteiger partial charge in [0.05, 0.1) is 6.61 Å². The summed E-state index contributed by atoms with van der Waals surface area (Å²) in [5.74, 6) is -1.89. The van der Waals surface area contributed by atoms with Gasteiger partial charge in [-0.05, 0) is 0 Å². The van der Waals surface area contributed by atoms with E-state index in [1.807, 2.05) is 6.04 Å². The second-order valence-corrected chi connectivity index (χ2v) is 3.42. The van der Waals surface area contributed by atoms with Crippen molar-refractivity contribution in [3.63, 3.8) is 0 Å². The zero-order valence-electron chi connectivity index (χ0n) is 9.20. The van der Waals surface area contributed by atoms with Crippen LogP contribution in [-0.2, 0) is 9.59 Å². The molecule has 17 heavy (non-hydrogen) atoms. The third-order valence-electron chi connectivity index (χ3n) is 2.14. The van der Waals surface area contributed by atoms with Crippen LogP contribution in [0.3, 0.4) is 0 Å². The van der Waals surface area contributed by atoms with Crippen molar-refractivity contribution in [3.8, 4) is 12.5 Å². The molecule has 0 aromatic heterocycles. The Morgan fingerprint density at radius 3 is 2.18 bits per heavy atom. The van der Waals surface area contributed by atoms with Crippen LogP contribution in [0, 0.1) is 12.5 Å². The summed E-state index contributed by atoms with van der Waals surface area (Å²) in [7, 11) is 0. The molecule has 0 bridgehead atoms. The second-order valence-electron chi connectivity index (χ2n) is 3.42. The van der Waals surface area contributed by atoms with Gasteiger partial charge in [0.2, 0.25) is 5.78 Å². The van der Waals surface area contributed by atoms with Crippen LogP contribution in [0.15, 0.2) is 0 Å². The van der Waals surface area contributed by atoms with E-state index in [2.05, 4.69) is 5.32 Å². The molecule has 0 rings (SSSR count). The third kappa shape index (κ3) is 4.13. The molecule has 0 aromatic rings. The van der Waals surface area contributed by atoms with Gasteiger partial charge in [-0.3, -0.25) is 9.59 Å². The van der Waals surface area contributed by atoms with Crippen LogP contribution in [-0.4, -0.2) is 63.0 Å². The molecular formula is C10H15NO6. The van der Waals surface area contributed by atoms with E-state index in [0.717, 1.165) is 6.92 Å². The van der Waals surface area contributed by atoms with E-state index in [1.165, 1.54) is 0 Å². The van der Waals surface area contributed by atoms with E-state index in [0.29, 0.717) is 0 Å². The minimum Gasteiger partial charge on any atom is -0.394 e. The van der Waals surface area contributed by atoms with Crippen molar-refractivity contribution in [2.24, 2.45) is 0 Å². The summed E-state index contributed by atoms with van der Waals surface area (Å²) in [6.07, 6.45) is -0.388. The monoisotopic (exact) mass is 245 g/mol. The average Bonchev–Trinajstić information content (AvgIpc) is 2.32. The summed E-state index contributed by atoms with van der Waals surface area (Å²) in [5.41, 5.74) is 0. The Hall–Kier alpha value is -1.46. The van der Waals surface area contributed by atoms with Crippen molar-refractivity contribution in [2.75, 3.05) is 6.61 Å². The highest BCUT2D eigenvalue weighted by Crippen LogP contribution is 2.06. The maximum Gasteiger partial charge on any atom is 0.223 e. The molecule has 7 nitrogen and oxygen atoms in total. The van der Waals surface area contributed by atoms with Crippen LogP contribution in [0.5, 0.6) is 0 Å². The van der Waals surface area contributed by atoms with Crippen molar-refractivity contribution in [2.45, 2.75) is 31.3 Å². The van der Waals surface area contributed by atoms with Crippen LogP contribution in [0.4, 0.5) is 0 Å². The first-order chi connectivity index (χ1) is 7.86. The second kappa shape index (κ2) is 6.98. The molecule has 0 aliphatic heterocycles. The standard InChI is InChI=1S/C10H15NO6/c1-3-11-7(8(15)5(2)13)10(17)9(16)6(14)4-12/h1,6-7,9-12,14,16-17H,4H2,2H3/t6-,7+,9-,10-/m1/s1. The molecule has 0 amide bonds. The zero-order chi connectivity index (χ0) is 13.6. The molecule has 0 spiro atoms. The predicted octanol–water partition coefficient (Wildman–Crippen LogP) is -3.23. The lowest BCUT2D eigenvalue weighted by molar-refractivity contribution is -0.141. The molecular weight excluding hydrogens is 230 g/mol. The Morgan fingerprint density at radius 2 is 1.82 bits per heavy atom. The van der Waals surface area contributed by atoms with Crippen molar-refractivity contribution in [1.82, 2.24) is 5.32 Å². The number of nitrogens with one attached hydrogen (secondary N) is 1. The smallest absolute Gasteiger partial charge is 0.223 e. The lowest BCUT2D eigenvalue weighted by Crippen LogP contribution is -2.55. The van der Waals surface area contributed by atoms with Crippen molar-refractivity contribution < 1.29 is 30.0 Å². The minimum atomic E-state index is -1.82. The maximum absolute atomic E-state index is 11.4. The molecule has 7 heteroatoms. The third-order valence-corrected chi connectivity index (χ3v) is 2.14. The molecule has 96 valence electrons. The first kappa shape index (κ1) is 15.5. The lowest BCUT2D eigenvalue weighted by Gasteiger charge is -2.26. The van der Waals surface area contributed by atoms with Gasteiger partial charge >= 0.3 is 0 Å². The molecule has 0 aliphatic rings. The summed E-state index contributed by atoms with van der Waals surface area (Å²) in [5, 5.41) is 38.7. The number of ketones is 2. The molecule has 0 aromatic carbocycles. The molecule has 0 heterocycles. The largest absolute Gasteiger partial charge is 0.394 e. The molecule has 5 N–H and O–H groups in total. The van der Waals surface area contributed by atoms with Gasteiger partial charge in [0.15, 0.2) is 5.78 Å². The van der Waals surface area contributed by atoms with Crippen molar-refractivity contribution >= 4 is 11.6 Å². The SMILES string of the molecule is C#CN[C@@H](C(=O)C(C)=O)[C@@H](O)[C@H](O)[C@H](O)CO. The van der Waals surface area contributed by atoms with E-state index in [9.17, 15) is 19.8 Å². The van der Waals surface area contributed by atoms with Crippen molar-refractivity contribution in [3.05, 3.63) is 0 Å². The summed E-state index contributed by atoms with van der Waals surface area (Å²) >= 11 is 0. The number of rotatable bonds is 7. The summed E-state index contributed by atoms with van der Waals surface area (Å²) < 4.78 is 0. The molecule has 0 radical (unpaired) electrons. The van der Waals surface area contributed by atoms with Crippen LogP contribution < -0.4 is 5.32 Å². The fourth-order valence-corrected chi connectivity index (χ4v) is 1.15. The molecule has 0 saturated heterocycles. The quantitative estimate of drug-likeness (QED) is 0.181. The fraction of sp³-hybridized carbons (Fsp3) is 0.600. The Balaban J connectivity index is 4.89. The molecule has 0 aliphatic carbocycles. The lowest BCUT2D eigenvalue weighted by atomic mass is 9.96. The number of carbonyl (C=O) groups is 2. The van der Waals surface area contributed by atoms with Crippen LogP contribution in [0.25, 0.3) is 0 Å². The molecule has 0 fully saturated rings. The number of hydrogen-bond donors (Lipinski definition) is 5. The normalized spacial score (nSPS) is 17.4. The number of aliphatic hydroxyl groups is 4. The summed E-state index contributed by atoms with van der Waals surface area (Å²) in [4.78, 5) is 22.2. The van der Waals surface area contributed by atoms with Gasteiger partial charge in [0, 0.05) is 13.0 Å². The van der Waals surface area contributed by atoms with Gasteiger partial charge in [-0.15, -0.1) is 0 Å². The van der Waals surface area contributed by atoms with E-state index in [-0.39, 0.29) is 0 Å². The first-order valence-electron chi connectivity index (χ1n) is 4.77. The highest BCUT2D eigenvalue weighted by Gasteiger charge is 2.36. The van der Waals surface area contributed by atoms with Gasteiger partial charge in [-0.25, -0.2) is 0 Å². The van der Waals surface area contributed by atoms with Gasteiger partial charge in [0.1, 0.15) is 24.4 Å². The van der Waals surface area contributed by atoms with Crippen LogP contribution in [0.1, 0.15) is 6.92 Å². The predicted molar refractivity (Wildman–Crippen MR) is 56.6 cm³/mol. The van der Waals surface area contributed by atoms with E-state index in [4.69, 9.17) is 16.6 Å². The van der Waals surface area contributed by atoms with E-state index < -0.39 is 42.5 Å². The number of hydrogen-bond acceptors (Lipinski definition) is 7. The number of terminal acetylenes is 1. The highest BCUT2D eigenvalue weighted by molar-refractivity contribution is 6.38. The van der Waals surface area contributed by atoms with Gasteiger partial charge in [-0.1, -0.05) is 6.42 Å². The Bertz CT molecular complexity index is 323. The van der Waals surface area contributed by atoms with Crippen LogP contribution >= 0.6 is 0 Å². The number of carbonyl (C=O) groups excluding carboxylic acids is 2. The van der Waals surface area contributed by atoms with E-state index >= 15 is 0 Å². The Labute approximate surface area is 98.1 Å². The number of Topliss-reactive ketones (excluding diaryl/α,β-unsaturated/α-hetero) is 2. The average molecular weight is 245 g/mol. The van der Waals surface area contributed by atoms with Gasteiger partial charge in [-0.2, -0.15) is 0 Å². The highest BCUT2D eigenvalue weighted by atomic mass is 16.4. The Kier molecular flexibility index (Phi) is 6.38. The summed E-state index contributed by atoms with van der Waals surface area (Å²) in [6, 6.07) is 0.324. The number of aliphatic hydroxyl groups excluding tert-OH is 4. The fourth-order valence-electron chi connectivity index (χ4n) is 1.15. The topological polar surface area (TPSA) is 127 Å². The van der Waals surface area contributed by atoms with E-state index in [1.54, 1.807) is 0 Å². The van der Waals surface area contributed by atoms with Gasteiger partial charge in [0.25, 0.3) is 0 Å². The molecule has 0 unspecified atom stereocenters. The Morgan fingerprint density at radius 1 is 1.29 bits per heavy atom. The first-order valence-corrected chi connectivity index (χ1v) is 4.77. The molecule has 4 atom stereocenters. The zero-order valence-corrected chi connectivity index (χ0v) is 9.20. The van der Waals surface area contributed by atoms with Crippen molar-refractivity contribution in [1.29, 1.82) is 0 Å². The maximum atomic E-state index is 11.4. The van der Waals surface area contributed by atoms with Gasteiger partial charge < -0.3 is 25.7 Å². The van der Waals surface area contributed by atoms with Crippen LogP contribution in [0.2, 0.25) is 0 Å². The molecule has 0 saturated carbocycles. The minimum absolute atomic E-state index is 0.810.